The van der Waals surface area contributed by atoms with Crippen LogP contribution in [0, 0.1) is 0 Å². The second-order valence-electron chi connectivity index (χ2n) is 4.69. The van der Waals surface area contributed by atoms with E-state index in [4.69, 9.17) is 26.8 Å². The number of rotatable bonds is 6. The third-order valence-corrected chi connectivity index (χ3v) is 4.00. The standard InChI is InChI=1S/C16H17BrClNO2/c1-20-14-5-6-16(17)11(8-14)7-13(19)10-21-15-4-2-3-12(18)9-15/h2-6,8-9,13H,7,10,19H2,1H3. The number of hydrogen-bond donors (Lipinski definition) is 1. The number of methoxy groups -OCH3 is 1. The van der Waals surface area contributed by atoms with E-state index < -0.39 is 0 Å². The zero-order chi connectivity index (χ0) is 15.2. The van der Waals surface area contributed by atoms with E-state index in [2.05, 4.69) is 15.9 Å². The number of ether oxygens (including phenoxy) is 2. The Balaban J connectivity index is 1.94. The molecule has 0 bridgehead atoms. The topological polar surface area (TPSA) is 44.5 Å². The predicted octanol–water partition coefficient (Wildman–Crippen LogP) is 4.06. The van der Waals surface area contributed by atoms with E-state index in [0.29, 0.717) is 18.1 Å². The van der Waals surface area contributed by atoms with Crippen molar-refractivity contribution < 1.29 is 9.47 Å². The highest BCUT2D eigenvalue weighted by molar-refractivity contribution is 9.10. The minimum absolute atomic E-state index is 0.118. The predicted molar refractivity (Wildman–Crippen MR) is 89.3 cm³/mol. The first kappa shape index (κ1) is 16.1. The Morgan fingerprint density at radius 3 is 2.71 bits per heavy atom. The Bertz CT molecular complexity index is 607. The molecular formula is C16H17BrClNO2. The van der Waals surface area contributed by atoms with E-state index in [0.717, 1.165) is 21.5 Å². The Hall–Kier alpha value is -1.23. The van der Waals surface area contributed by atoms with E-state index in [-0.39, 0.29) is 6.04 Å². The van der Waals surface area contributed by atoms with Crippen LogP contribution in [0.3, 0.4) is 0 Å². The summed E-state index contributed by atoms with van der Waals surface area (Å²) in [6.45, 7) is 0.421. The van der Waals surface area contributed by atoms with E-state index in [1.165, 1.54) is 0 Å². The van der Waals surface area contributed by atoms with Gasteiger partial charge in [0.15, 0.2) is 0 Å². The highest BCUT2D eigenvalue weighted by Crippen LogP contribution is 2.24. The van der Waals surface area contributed by atoms with Gasteiger partial charge in [0.2, 0.25) is 0 Å². The van der Waals surface area contributed by atoms with Crippen molar-refractivity contribution in [3.8, 4) is 11.5 Å². The maximum absolute atomic E-state index is 6.13. The lowest BCUT2D eigenvalue weighted by Gasteiger charge is -2.15. The maximum atomic E-state index is 6.13. The van der Waals surface area contributed by atoms with Crippen molar-refractivity contribution in [3.63, 3.8) is 0 Å². The van der Waals surface area contributed by atoms with Gasteiger partial charge < -0.3 is 15.2 Å². The van der Waals surface area contributed by atoms with Crippen molar-refractivity contribution in [1.82, 2.24) is 0 Å². The van der Waals surface area contributed by atoms with Gasteiger partial charge in [-0.25, -0.2) is 0 Å². The normalized spacial score (nSPS) is 12.0. The molecular weight excluding hydrogens is 354 g/mol. The van der Waals surface area contributed by atoms with Crippen LogP contribution >= 0.6 is 27.5 Å². The van der Waals surface area contributed by atoms with Crippen LogP contribution in [0.1, 0.15) is 5.56 Å². The molecule has 0 aliphatic carbocycles. The van der Waals surface area contributed by atoms with Gasteiger partial charge in [0.05, 0.1) is 7.11 Å². The number of nitrogens with two attached hydrogens (primary N) is 1. The van der Waals surface area contributed by atoms with E-state index in [1.54, 1.807) is 13.2 Å². The van der Waals surface area contributed by atoms with Gasteiger partial charge in [-0.2, -0.15) is 0 Å². The summed E-state index contributed by atoms with van der Waals surface area (Å²) in [6.07, 6.45) is 0.693. The highest BCUT2D eigenvalue weighted by atomic mass is 79.9. The molecule has 0 aliphatic rings. The van der Waals surface area contributed by atoms with E-state index in [1.807, 2.05) is 36.4 Å². The first-order valence-corrected chi connectivity index (χ1v) is 7.72. The van der Waals surface area contributed by atoms with Crippen LogP contribution in [0.5, 0.6) is 11.5 Å². The molecule has 2 N–H and O–H groups in total. The summed E-state index contributed by atoms with van der Waals surface area (Å²) in [5.74, 6) is 1.54. The van der Waals surface area contributed by atoms with Gasteiger partial charge in [0.25, 0.3) is 0 Å². The molecule has 0 fully saturated rings. The molecule has 5 heteroatoms. The second-order valence-corrected chi connectivity index (χ2v) is 5.98. The molecule has 2 aromatic carbocycles. The molecule has 0 spiro atoms. The van der Waals surface area contributed by atoms with Gasteiger partial charge in [0.1, 0.15) is 18.1 Å². The lowest BCUT2D eigenvalue weighted by atomic mass is 10.1. The third kappa shape index (κ3) is 4.92. The fraction of sp³-hybridized carbons (Fsp3) is 0.250. The van der Waals surface area contributed by atoms with Crippen LogP contribution in [-0.4, -0.2) is 19.8 Å². The molecule has 2 rings (SSSR count). The molecule has 0 aromatic heterocycles. The van der Waals surface area contributed by atoms with Crippen molar-refractivity contribution in [1.29, 1.82) is 0 Å². The van der Waals surface area contributed by atoms with Gasteiger partial charge in [0, 0.05) is 15.5 Å². The Labute approximate surface area is 138 Å². The first-order valence-electron chi connectivity index (χ1n) is 6.55. The van der Waals surface area contributed by atoms with Crippen LogP contribution in [-0.2, 0) is 6.42 Å². The molecule has 112 valence electrons. The van der Waals surface area contributed by atoms with Crippen LogP contribution in [0.4, 0.5) is 0 Å². The Morgan fingerprint density at radius 2 is 2.00 bits per heavy atom. The Morgan fingerprint density at radius 1 is 1.19 bits per heavy atom. The van der Waals surface area contributed by atoms with Crippen LogP contribution in [0.2, 0.25) is 5.02 Å². The molecule has 0 amide bonds. The van der Waals surface area contributed by atoms with Crippen molar-refractivity contribution in [2.75, 3.05) is 13.7 Å². The summed E-state index contributed by atoms with van der Waals surface area (Å²) < 4.78 is 11.9. The minimum Gasteiger partial charge on any atom is -0.497 e. The zero-order valence-electron chi connectivity index (χ0n) is 11.7. The molecule has 0 heterocycles. The maximum Gasteiger partial charge on any atom is 0.120 e. The van der Waals surface area contributed by atoms with Crippen LogP contribution < -0.4 is 15.2 Å². The van der Waals surface area contributed by atoms with Gasteiger partial charge >= 0.3 is 0 Å². The molecule has 3 nitrogen and oxygen atoms in total. The molecule has 1 unspecified atom stereocenters. The van der Waals surface area contributed by atoms with Crippen LogP contribution in [0.25, 0.3) is 0 Å². The quantitative estimate of drug-likeness (QED) is 0.834. The summed E-state index contributed by atoms with van der Waals surface area (Å²) in [6, 6.07) is 13.0. The molecule has 2 aromatic rings. The molecule has 0 saturated carbocycles. The minimum atomic E-state index is -0.118. The Kier molecular flexibility index (Phi) is 5.91. The van der Waals surface area contributed by atoms with E-state index in [9.17, 15) is 0 Å². The summed E-state index contributed by atoms with van der Waals surface area (Å²) >= 11 is 9.44. The summed E-state index contributed by atoms with van der Waals surface area (Å²) in [5.41, 5.74) is 7.23. The lowest BCUT2D eigenvalue weighted by Crippen LogP contribution is -2.30. The first-order chi connectivity index (χ1) is 10.1. The lowest BCUT2D eigenvalue weighted by molar-refractivity contribution is 0.287. The molecule has 0 aliphatic heterocycles. The third-order valence-electron chi connectivity index (χ3n) is 3.00. The summed E-state index contributed by atoms with van der Waals surface area (Å²) in [5, 5.41) is 0.650. The highest BCUT2D eigenvalue weighted by Gasteiger charge is 2.09. The van der Waals surface area contributed by atoms with Gasteiger partial charge in [-0.05, 0) is 48.4 Å². The smallest absolute Gasteiger partial charge is 0.120 e. The van der Waals surface area contributed by atoms with Crippen molar-refractivity contribution in [2.45, 2.75) is 12.5 Å². The largest absolute Gasteiger partial charge is 0.497 e. The zero-order valence-corrected chi connectivity index (χ0v) is 14.0. The average molecular weight is 371 g/mol. The van der Waals surface area contributed by atoms with Crippen molar-refractivity contribution in [2.24, 2.45) is 5.73 Å². The molecule has 0 saturated heterocycles. The average Bonchev–Trinajstić information content (AvgIpc) is 2.47. The number of hydrogen-bond acceptors (Lipinski definition) is 3. The van der Waals surface area contributed by atoms with Crippen molar-refractivity contribution in [3.05, 3.63) is 57.5 Å². The fourth-order valence-electron chi connectivity index (χ4n) is 1.94. The molecule has 1 atom stereocenters. The fourth-order valence-corrected chi connectivity index (χ4v) is 2.52. The molecule has 21 heavy (non-hydrogen) atoms. The summed E-state index contributed by atoms with van der Waals surface area (Å²) in [7, 11) is 1.65. The number of halogens is 2. The SMILES string of the molecule is COc1ccc(Br)c(CC(N)COc2cccc(Cl)c2)c1. The van der Waals surface area contributed by atoms with Gasteiger partial charge in [-0.3, -0.25) is 0 Å². The second kappa shape index (κ2) is 7.69. The van der Waals surface area contributed by atoms with Crippen molar-refractivity contribution >= 4 is 27.5 Å². The van der Waals surface area contributed by atoms with E-state index >= 15 is 0 Å². The summed E-state index contributed by atoms with van der Waals surface area (Å²) in [4.78, 5) is 0. The van der Waals surface area contributed by atoms with Gasteiger partial charge in [-0.15, -0.1) is 0 Å². The van der Waals surface area contributed by atoms with Crippen LogP contribution in [0.15, 0.2) is 46.9 Å². The number of benzene rings is 2. The molecule has 0 radical (unpaired) electrons. The van der Waals surface area contributed by atoms with Gasteiger partial charge in [-0.1, -0.05) is 33.6 Å². The monoisotopic (exact) mass is 369 g/mol.